The molecule has 1 unspecified atom stereocenters. The van der Waals surface area contributed by atoms with Crippen molar-refractivity contribution in [2.24, 2.45) is 11.7 Å². The average molecular weight is 378 g/mol. The van der Waals surface area contributed by atoms with Gasteiger partial charge in [-0.25, -0.2) is 0 Å². The minimum Gasteiger partial charge on any atom is -0.365 e. The molecule has 0 fully saturated rings. The van der Waals surface area contributed by atoms with E-state index in [2.05, 4.69) is 5.32 Å². The minimum atomic E-state index is -0.538. The molecule has 0 radical (unpaired) electrons. The Balaban J connectivity index is 1.86. The highest BCUT2D eigenvalue weighted by Crippen LogP contribution is 2.39. The van der Waals surface area contributed by atoms with E-state index in [-0.39, 0.29) is 11.8 Å². The average Bonchev–Trinajstić information content (AvgIpc) is 2.99. The van der Waals surface area contributed by atoms with Crippen molar-refractivity contribution in [1.82, 2.24) is 0 Å². The second kappa shape index (κ2) is 8.18. The number of benzene rings is 2. The van der Waals surface area contributed by atoms with Gasteiger partial charge in [0.2, 0.25) is 5.91 Å². The molecule has 1 heterocycles. The van der Waals surface area contributed by atoms with Crippen molar-refractivity contribution in [2.75, 3.05) is 5.32 Å². The summed E-state index contributed by atoms with van der Waals surface area (Å²) in [4.78, 5) is 25.8. The molecule has 3 N–H and O–H groups in total. The zero-order valence-corrected chi connectivity index (χ0v) is 16.2. The number of anilines is 1. The summed E-state index contributed by atoms with van der Waals surface area (Å²) in [5.41, 5.74) is 8.84. The molecule has 3 rings (SSSR count). The minimum absolute atomic E-state index is 0.123. The van der Waals surface area contributed by atoms with Crippen LogP contribution in [0.5, 0.6) is 0 Å². The number of primary amides is 1. The fourth-order valence-corrected chi connectivity index (χ4v) is 4.20. The Kier molecular flexibility index (Phi) is 5.72. The first-order chi connectivity index (χ1) is 13.0. The van der Waals surface area contributed by atoms with Crippen LogP contribution in [0.2, 0.25) is 0 Å². The molecule has 0 bridgehead atoms. The number of thiophene rings is 1. The maximum Gasteiger partial charge on any atom is 0.252 e. The summed E-state index contributed by atoms with van der Waals surface area (Å²) < 4.78 is 0. The summed E-state index contributed by atoms with van der Waals surface area (Å²) in [6.45, 7) is 3.81. The maximum atomic E-state index is 12.7. The second-order valence-corrected chi connectivity index (χ2v) is 7.77. The van der Waals surface area contributed by atoms with Crippen molar-refractivity contribution in [2.45, 2.75) is 20.3 Å². The summed E-state index contributed by atoms with van der Waals surface area (Å²) in [5.74, 6) is -0.887. The van der Waals surface area contributed by atoms with E-state index >= 15 is 0 Å². The fourth-order valence-electron chi connectivity index (χ4n) is 3.12. The van der Waals surface area contributed by atoms with Crippen LogP contribution in [0, 0.1) is 12.8 Å². The van der Waals surface area contributed by atoms with Crippen LogP contribution in [-0.4, -0.2) is 11.8 Å². The molecule has 5 heteroatoms. The predicted molar refractivity (Wildman–Crippen MR) is 111 cm³/mol. The van der Waals surface area contributed by atoms with Gasteiger partial charge < -0.3 is 11.1 Å². The summed E-state index contributed by atoms with van der Waals surface area (Å²) in [5, 5.41) is 3.44. The van der Waals surface area contributed by atoms with Crippen LogP contribution in [0.3, 0.4) is 0 Å². The van der Waals surface area contributed by atoms with Crippen molar-refractivity contribution in [1.29, 1.82) is 0 Å². The first-order valence-electron chi connectivity index (χ1n) is 8.80. The van der Waals surface area contributed by atoms with Crippen molar-refractivity contribution in [3.05, 3.63) is 76.7 Å². The lowest BCUT2D eigenvalue weighted by Crippen LogP contribution is -2.23. The Hall–Kier alpha value is -2.92. The number of hydrogen-bond acceptors (Lipinski definition) is 3. The van der Waals surface area contributed by atoms with Gasteiger partial charge in [0.15, 0.2) is 0 Å². The van der Waals surface area contributed by atoms with Gasteiger partial charge in [0.05, 0.1) is 5.56 Å². The molecular formula is C22H22N2O2S. The third-order valence-electron chi connectivity index (χ3n) is 4.46. The van der Waals surface area contributed by atoms with Crippen molar-refractivity contribution in [3.63, 3.8) is 0 Å². The molecule has 0 spiro atoms. The van der Waals surface area contributed by atoms with E-state index in [1.54, 1.807) is 0 Å². The number of carbonyl (C=O) groups excluding carboxylic acids is 2. The van der Waals surface area contributed by atoms with E-state index in [0.29, 0.717) is 17.0 Å². The number of aryl methyl sites for hydroxylation is 1. The predicted octanol–water partition coefficient (Wildman–Crippen LogP) is 4.64. The van der Waals surface area contributed by atoms with Gasteiger partial charge in [-0.15, -0.1) is 11.3 Å². The van der Waals surface area contributed by atoms with E-state index < -0.39 is 5.91 Å². The molecule has 0 aliphatic carbocycles. The Morgan fingerprint density at radius 1 is 1.04 bits per heavy atom. The molecule has 2 amide bonds. The van der Waals surface area contributed by atoms with E-state index in [9.17, 15) is 9.59 Å². The topological polar surface area (TPSA) is 72.2 Å². The molecule has 1 aromatic heterocycles. The standard InChI is InChI=1S/C22H22N2O2S/c1-14(13-16-9-5-3-6-10-16)21(26)24-22-19(20(23)25)18(15(2)27-22)17-11-7-4-8-12-17/h3-12,14H,13H2,1-2H3,(H2,23,25)(H,24,26). The lowest BCUT2D eigenvalue weighted by Gasteiger charge is -2.12. The Bertz CT molecular complexity index is 949. The van der Waals surface area contributed by atoms with E-state index in [0.717, 1.165) is 21.6 Å². The molecular weight excluding hydrogens is 356 g/mol. The quantitative estimate of drug-likeness (QED) is 0.656. The molecule has 2 aromatic carbocycles. The second-order valence-electron chi connectivity index (χ2n) is 6.55. The monoisotopic (exact) mass is 378 g/mol. The third kappa shape index (κ3) is 4.26. The lowest BCUT2D eigenvalue weighted by molar-refractivity contribution is -0.119. The molecule has 0 aliphatic rings. The SMILES string of the molecule is Cc1sc(NC(=O)C(C)Cc2ccccc2)c(C(N)=O)c1-c1ccccc1. The summed E-state index contributed by atoms with van der Waals surface area (Å²) in [6.07, 6.45) is 0.633. The van der Waals surface area contributed by atoms with Gasteiger partial charge in [-0.3, -0.25) is 9.59 Å². The Morgan fingerprint density at radius 3 is 2.22 bits per heavy atom. The molecule has 4 nitrogen and oxygen atoms in total. The molecule has 3 aromatic rings. The zero-order chi connectivity index (χ0) is 19.4. The van der Waals surface area contributed by atoms with Crippen LogP contribution in [0.1, 0.15) is 27.7 Å². The zero-order valence-electron chi connectivity index (χ0n) is 15.4. The van der Waals surface area contributed by atoms with E-state index in [1.165, 1.54) is 11.3 Å². The highest BCUT2D eigenvalue weighted by molar-refractivity contribution is 7.17. The van der Waals surface area contributed by atoms with Crippen molar-refractivity contribution >= 4 is 28.2 Å². The van der Waals surface area contributed by atoms with Crippen molar-refractivity contribution < 1.29 is 9.59 Å². The van der Waals surface area contributed by atoms with Gasteiger partial charge >= 0.3 is 0 Å². The number of nitrogens with two attached hydrogens (primary N) is 1. The summed E-state index contributed by atoms with van der Waals surface area (Å²) in [7, 11) is 0. The molecule has 138 valence electrons. The van der Waals surface area contributed by atoms with Gasteiger partial charge in [-0.05, 0) is 24.5 Å². The highest BCUT2D eigenvalue weighted by Gasteiger charge is 2.24. The van der Waals surface area contributed by atoms with Gasteiger partial charge in [0.1, 0.15) is 5.00 Å². The number of rotatable bonds is 6. The molecule has 0 saturated carbocycles. The van der Waals surface area contributed by atoms with Crippen LogP contribution in [0.25, 0.3) is 11.1 Å². The van der Waals surface area contributed by atoms with Crippen LogP contribution >= 0.6 is 11.3 Å². The fraction of sp³-hybridized carbons (Fsp3) is 0.182. The molecule has 27 heavy (non-hydrogen) atoms. The highest BCUT2D eigenvalue weighted by atomic mass is 32.1. The van der Waals surface area contributed by atoms with Crippen LogP contribution in [0.4, 0.5) is 5.00 Å². The third-order valence-corrected chi connectivity index (χ3v) is 5.48. The Labute approximate surface area is 163 Å². The smallest absolute Gasteiger partial charge is 0.252 e. The summed E-state index contributed by atoms with van der Waals surface area (Å²) >= 11 is 1.38. The normalized spacial score (nSPS) is 11.8. The molecule has 0 aliphatic heterocycles. The number of hydrogen-bond donors (Lipinski definition) is 2. The van der Waals surface area contributed by atoms with Crippen molar-refractivity contribution in [3.8, 4) is 11.1 Å². The van der Waals surface area contributed by atoms with Crippen LogP contribution in [0.15, 0.2) is 60.7 Å². The van der Waals surface area contributed by atoms with Crippen LogP contribution in [-0.2, 0) is 11.2 Å². The lowest BCUT2D eigenvalue weighted by atomic mass is 9.99. The summed E-state index contributed by atoms with van der Waals surface area (Å²) in [6, 6.07) is 19.5. The maximum absolute atomic E-state index is 12.7. The van der Waals surface area contributed by atoms with E-state index in [4.69, 9.17) is 5.73 Å². The molecule has 0 saturated heterocycles. The van der Waals surface area contributed by atoms with Gasteiger partial charge in [-0.1, -0.05) is 67.6 Å². The Morgan fingerprint density at radius 2 is 1.63 bits per heavy atom. The van der Waals surface area contributed by atoms with Crippen LogP contribution < -0.4 is 11.1 Å². The number of amides is 2. The first-order valence-corrected chi connectivity index (χ1v) is 9.62. The van der Waals surface area contributed by atoms with Gasteiger partial charge in [0.25, 0.3) is 5.91 Å². The first kappa shape index (κ1) is 18.9. The molecule has 1 atom stereocenters. The largest absolute Gasteiger partial charge is 0.365 e. The van der Waals surface area contributed by atoms with E-state index in [1.807, 2.05) is 74.5 Å². The van der Waals surface area contributed by atoms with Gasteiger partial charge in [-0.2, -0.15) is 0 Å². The number of carbonyl (C=O) groups is 2. The number of nitrogens with one attached hydrogen (secondary N) is 1. The van der Waals surface area contributed by atoms with Gasteiger partial charge in [0, 0.05) is 16.4 Å².